The van der Waals surface area contributed by atoms with Crippen LogP contribution in [0.25, 0.3) is 0 Å². The van der Waals surface area contributed by atoms with Crippen LogP contribution in [0.15, 0.2) is 0 Å². The minimum atomic E-state index is -0.977. The van der Waals surface area contributed by atoms with Crippen LogP contribution in [0.5, 0.6) is 0 Å². The molecule has 2 fully saturated rings. The maximum absolute atomic E-state index is 15.1. The van der Waals surface area contributed by atoms with E-state index in [-0.39, 0.29) is 0 Å². The van der Waals surface area contributed by atoms with Gasteiger partial charge in [0.2, 0.25) is 0 Å². The molecule has 2 aliphatic heterocycles. The highest BCUT2D eigenvalue weighted by Gasteiger charge is 2.37. The van der Waals surface area contributed by atoms with Crippen LogP contribution in [0.2, 0.25) is 0 Å². The Labute approximate surface area is 136 Å². The highest BCUT2D eigenvalue weighted by atomic mass is 19.1. The van der Waals surface area contributed by atoms with Gasteiger partial charge in [0.05, 0.1) is 0 Å². The number of hydrogen-bond acceptors (Lipinski definition) is 3. The predicted octanol–water partition coefficient (Wildman–Crippen LogP) is 3.00. The lowest BCUT2D eigenvalue weighted by molar-refractivity contribution is 0.00221. The Bertz CT molecular complexity index is 329. The summed E-state index contributed by atoms with van der Waals surface area (Å²) in [6.45, 7) is 13.7. The van der Waals surface area contributed by atoms with E-state index in [9.17, 15) is 0 Å². The highest BCUT2D eigenvalue weighted by Crippen LogP contribution is 2.30. The van der Waals surface area contributed by atoms with E-state index in [1.165, 1.54) is 12.8 Å². The molecule has 0 aromatic rings. The third-order valence-electron chi connectivity index (χ3n) is 5.81. The molecular formula is C18H36FN3. The van der Waals surface area contributed by atoms with E-state index in [0.717, 1.165) is 26.2 Å². The molecule has 0 atom stereocenters. The summed E-state index contributed by atoms with van der Waals surface area (Å²) in [4.78, 5) is 7.25. The van der Waals surface area contributed by atoms with Crippen LogP contribution in [-0.4, -0.2) is 78.3 Å². The highest BCUT2D eigenvalue weighted by molar-refractivity contribution is 4.91. The van der Waals surface area contributed by atoms with Crippen molar-refractivity contribution in [2.24, 2.45) is 0 Å². The number of hydrogen-bond donors (Lipinski definition) is 0. The Hall–Kier alpha value is -0.190. The molecule has 2 rings (SSSR count). The van der Waals surface area contributed by atoms with Gasteiger partial charge in [0, 0.05) is 37.8 Å². The second-order valence-electron chi connectivity index (χ2n) is 8.06. The van der Waals surface area contributed by atoms with Crippen molar-refractivity contribution < 1.29 is 4.39 Å². The Kier molecular flexibility index (Phi) is 6.26. The van der Waals surface area contributed by atoms with Gasteiger partial charge in [0.15, 0.2) is 0 Å². The van der Waals surface area contributed by atoms with E-state index in [2.05, 4.69) is 49.4 Å². The lowest BCUT2D eigenvalue weighted by Crippen LogP contribution is -2.52. The van der Waals surface area contributed by atoms with Gasteiger partial charge in [-0.1, -0.05) is 0 Å². The van der Waals surface area contributed by atoms with Crippen molar-refractivity contribution in [1.29, 1.82) is 0 Å². The van der Waals surface area contributed by atoms with E-state index in [4.69, 9.17) is 0 Å². The molecule has 4 heteroatoms. The van der Waals surface area contributed by atoms with Crippen molar-refractivity contribution in [3.8, 4) is 0 Å². The first kappa shape index (κ1) is 18.2. The summed E-state index contributed by atoms with van der Waals surface area (Å²) in [6.07, 6.45) is 3.76. The van der Waals surface area contributed by atoms with Gasteiger partial charge in [0.1, 0.15) is 5.67 Å². The molecule has 2 heterocycles. The lowest BCUT2D eigenvalue weighted by Gasteiger charge is -2.43. The molecule has 0 saturated carbocycles. The second-order valence-corrected chi connectivity index (χ2v) is 8.06. The fraction of sp³-hybridized carbons (Fsp3) is 1.00. The Balaban J connectivity index is 1.79. The summed E-state index contributed by atoms with van der Waals surface area (Å²) in [5, 5.41) is 0. The zero-order valence-electron chi connectivity index (χ0n) is 15.3. The summed E-state index contributed by atoms with van der Waals surface area (Å²) in [5.41, 5.74) is -0.977. The third-order valence-corrected chi connectivity index (χ3v) is 5.81. The van der Waals surface area contributed by atoms with Crippen LogP contribution < -0.4 is 0 Å². The van der Waals surface area contributed by atoms with Crippen LogP contribution in [0, 0.1) is 0 Å². The van der Waals surface area contributed by atoms with Gasteiger partial charge in [0.25, 0.3) is 0 Å². The first-order chi connectivity index (χ1) is 10.3. The summed E-state index contributed by atoms with van der Waals surface area (Å²) in [6, 6.07) is 1.74. The summed E-state index contributed by atoms with van der Waals surface area (Å²) in [5.74, 6) is 0. The quantitative estimate of drug-likeness (QED) is 0.772. The standard InChI is InChI=1S/C18H36FN3/c1-15(2)21-10-6-17(7-11-21)20(5)14-18(19)8-12-22(13-9-18)16(3)4/h15-17H,6-14H2,1-5H3. The molecule has 2 saturated heterocycles. The van der Waals surface area contributed by atoms with Crippen molar-refractivity contribution in [2.45, 2.75) is 77.2 Å². The van der Waals surface area contributed by atoms with Crippen LogP contribution in [0.1, 0.15) is 53.4 Å². The van der Waals surface area contributed by atoms with Gasteiger partial charge in [-0.05, 0) is 73.5 Å². The van der Waals surface area contributed by atoms with Crippen molar-refractivity contribution in [3.05, 3.63) is 0 Å². The maximum Gasteiger partial charge on any atom is 0.126 e. The predicted molar refractivity (Wildman–Crippen MR) is 92.1 cm³/mol. The number of alkyl halides is 1. The normalized spacial score (nSPS) is 25.5. The first-order valence-electron chi connectivity index (χ1n) is 9.18. The molecule has 0 radical (unpaired) electrons. The molecule has 0 amide bonds. The van der Waals surface area contributed by atoms with Gasteiger partial charge in [-0.15, -0.1) is 0 Å². The van der Waals surface area contributed by atoms with Gasteiger partial charge in [-0.2, -0.15) is 0 Å². The number of nitrogens with zero attached hydrogens (tertiary/aromatic N) is 3. The fourth-order valence-corrected chi connectivity index (χ4v) is 4.02. The van der Waals surface area contributed by atoms with E-state index in [0.29, 0.717) is 37.5 Å². The molecular weight excluding hydrogens is 277 g/mol. The van der Waals surface area contributed by atoms with E-state index >= 15 is 4.39 Å². The minimum Gasteiger partial charge on any atom is -0.301 e. The number of halogens is 1. The Morgan fingerprint density at radius 2 is 1.41 bits per heavy atom. The van der Waals surface area contributed by atoms with Gasteiger partial charge < -0.3 is 14.7 Å². The smallest absolute Gasteiger partial charge is 0.126 e. The molecule has 0 aliphatic carbocycles. The zero-order valence-corrected chi connectivity index (χ0v) is 15.3. The molecule has 130 valence electrons. The van der Waals surface area contributed by atoms with Crippen LogP contribution in [0.3, 0.4) is 0 Å². The molecule has 0 bridgehead atoms. The molecule has 3 nitrogen and oxygen atoms in total. The Morgan fingerprint density at radius 1 is 0.955 bits per heavy atom. The average molecular weight is 314 g/mol. The lowest BCUT2D eigenvalue weighted by atomic mass is 9.91. The topological polar surface area (TPSA) is 9.72 Å². The van der Waals surface area contributed by atoms with Crippen molar-refractivity contribution in [1.82, 2.24) is 14.7 Å². The molecule has 0 spiro atoms. The molecule has 0 N–H and O–H groups in total. The average Bonchev–Trinajstić information content (AvgIpc) is 2.47. The van der Waals surface area contributed by atoms with Gasteiger partial charge >= 0.3 is 0 Å². The largest absolute Gasteiger partial charge is 0.301 e. The van der Waals surface area contributed by atoms with E-state index in [1.807, 2.05) is 0 Å². The monoisotopic (exact) mass is 313 g/mol. The number of rotatable bonds is 5. The van der Waals surface area contributed by atoms with Gasteiger partial charge in [-0.3, -0.25) is 0 Å². The second kappa shape index (κ2) is 7.59. The van der Waals surface area contributed by atoms with Crippen LogP contribution in [-0.2, 0) is 0 Å². The maximum atomic E-state index is 15.1. The molecule has 0 unspecified atom stereocenters. The zero-order chi connectivity index (χ0) is 16.3. The van der Waals surface area contributed by atoms with Crippen LogP contribution >= 0.6 is 0 Å². The SMILES string of the molecule is CC(C)N1CCC(N(C)CC2(F)CCN(C(C)C)CC2)CC1. The summed E-state index contributed by atoms with van der Waals surface area (Å²) >= 11 is 0. The summed E-state index contributed by atoms with van der Waals surface area (Å²) < 4.78 is 15.1. The fourth-order valence-electron chi connectivity index (χ4n) is 4.02. The van der Waals surface area contributed by atoms with Crippen molar-refractivity contribution in [2.75, 3.05) is 39.8 Å². The van der Waals surface area contributed by atoms with Crippen LogP contribution in [0.4, 0.5) is 4.39 Å². The van der Waals surface area contributed by atoms with E-state index in [1.54, 1.807) is 0 Å². The number of piperidine rings is 2. The van der Waals surface area contributed by atoms with E-state index < -0.39 is 5.67 Å². The molecule has 2 aliphatic rings. The Morgan fingerprint density at radius 3 is 1.86 bits per heavy atom. The summed E-state index contributed by atoms with van der Waals surface area (Å²) in [7, 11) is 2.13. The minimum absolute atomic E-state index is 0.544. The molecule has 0 aromatic heterocycles. The first-order valence-corrected chi connectivity index (χ1v) is 9.18. The van der Waals surface area contributed by atoms with Crippen molar-refractivity contribution in [3.63, 3.8) is 0 Å². The third kappa shape index (κ3) is 4.65. The molecule has 22 heavy (non-hydrogen) atoms. The van der Waals surface area contributed by atoms with Crippen molar-refractivity contribution >= 4 is 0 Å². The van der Waals surface area contributed by atoms with Gasteiger partial charge in [-0.25, -0.2) is 4.39 Å². The molecule has 0 aromatic carbocycles. The number of likely N-dealkylation sites (tertiary alicyclic amines) is 2.